The third-order valence-corrected chi connectivity index (χ3v) is 8.05. The van der Waals surface area contributed by atoms with E-state index < -0.39 is 95.3 Å². The molecule has 0 aliphatic carbocycles. The number of aliphatic hydroxyl groups excluding tert-OH is 5. The summed E-state index contributed by atoms with van der Waals surface area (Å²) in [6.07, 6.45) is -13.0. The number of H-pyrrole nitrogens is 1. The summed E-state index contributed by atoms with van der Waals surface area (Å²) in [6.45, 7) is -1.93. The third-order valence-electron chi connectivity index (χ3n) is 5.45. The van der Waals surface area contributed by atoms with E-state index in [0.29, 0.717) is 0 Å². The van der Waals surface area contributed by atoms with Gasteiger partial charge in [-0.15, -0.1) is 0 Å². The number of hydrogen-bond donors (Lipinski definition) is 9. The number of nitrogens with zero attached hydrogens (tertiary/aromatic N) is 1. The lowest BCUT2D eigenvalue weighted by molar-refractivity contribution is -0.247. The predicted octanol–water partition coefficient (Wildman–Crippen LogP) is -5.04. The summed E-state index contributed by atoms with van der Waals surface area (Å²) < 4.78 is 48.9. The number of carbonyl (C=O) groups excluding carboxylic acids is 1. The summed E-state index contributed by atoms with van der Waals surface area (Å²) in [5.41, 5.74) is -1.75. The van der Waals surface area contributed by atoms with Gasteiger partial charge in [0, 0.05) is 12.3 Å². The van der Waals surface area contributed by atoms with Gasteiger partial charge in [0.05, 0.1) is 13.2 Å². The largest absolute Gasteiger partial charge is 0.483 e. The predicted molar refractivity (Wildman–Crippen MR) is 116 cm³/mol. The number of carbonyl (C=O) groups is 1. The van der Waals surface area contributed by atoms with Crippen LogP contribution < -0.4 is 16.6 Å². The van der Waals surface area contributed by atoms with Gasteiger partial charge in [0.25, 0.3) is 5.56 Å². The first kappa shape index (κ1) is 30.7. The van der Waals surface area contributed by atoms with Gasteiger partial charge >= 0.3 is 21.3 Å². The van der Waals surface area contributed by atoms with Crippen LogP contribution in [0.3, 0.4) is 0 Å². The summed E-state index contributed by atoms with van der Waals surface area (Å²) in [5.74, 6) is 0. The second-order valence-corrected chi connectivity index (χ2v) is 11.0. The van der Waals surface area contributed by atoms with E-state index in [1.54, 1.807) is 0 Å². The monoisotopic (exact) mass is 593 g/mol. The van der Waals surface area contributed by atoms with Crippen LogP contribution in [0.15, 0.2) is 21.9 Å². The molecule has 11 atom stereocenters. The zero-order chi connectivity index (χ0) is 28.4. The molecule has 1 aromatic heterocycles. The Bertz CT molecular complexity index is 1190. The lowest BCUT2D eigenvalue weighted by Gasteiger charge is -2.41. The quantitative estimate of drug-likeness (QED) is 0.0856. The van der Waals surface area contributed by atoms with Gasteiger partial charge in [0.2, 0.25) is 6.41 Å². The highest BCUT2D eigenvalue weighted by Gasteiger charge is 2.50. The number of ether oxygens (including phenoxy) is 2. The van der Waals surface area contributed by atoms with E-state index in [9.17, 15) is 58.8 Å². The molecule has 2 saturated heterocycles. The fourth-order valence-electron chi connectivity index (χ4n) is 3.62. The van der Waals surface area contributed by atoms with E-state index in [-0.39, 0.29) is 6.41 Å². The van der Waals surface area contributed by atoms with Crippen molar-refractivity contribution < 1.29 is 72.1 Å². The van der Waals surface area contributed by atoms with Crippen LogP contribution in [0.5, 0.6) is 0 Å². The van der Waals surface area contributed by atoms with Crippen LogP contribution in [-0.2, 0) is 36.8 Å². The molecule has 20 nitrogen and oxygen atoms in total. The van der Waals surface area contributed by atoms with E-state index in [2.05, 4.69) is 13.4 Å². The summed E-state index contributed by atoms with van der Waals surface area (Å²) in [7, 11) is -11.1. The summed E-state index contributed by atoms with van der Waals surface area (Å²) in [4.78, 5) is 55.6. The zero-order valence-electron chi connectivity index (χ0n) is 18.9. The number of aliphatic hydroxyl groups is 5. The minimum absolute atomic E-state index is 0.0264. The molecule has 0 aromatic carbocycles. The molecule has 0 bridgehead atoms. The fraction of sp³-hybridized carbons (Fsp3) is 0.688. The van der Waals surface area contributed by atoms with Crippen molar-refractivity contribution in [2.45, 2.75) is 55.2 Å². The van der Waals surface area contributed by atoms with Crippen molar-refractivity contribution in [1.29, 1.82) is 0 Å². The summed E-state index contributed by atoms with van der Waals surface area (Å²) >= 11 is 0. The molecule has 0 radical (unpaired) electrons. The first-order chi connectivity index (χ1) is 17.7. The van der Waals surface area contributed by atoms with Gasteiger partial charge in [-0.2, -0.15) is 4.31 Å². The maximum atomic E-state index is 12.4. The average Bonchev–Trinajstić information content (AvgIpc) is 3.10. The van der Waals surface area contributed by atoms with E-state index in [1.165, 1.54) is 0 Å². The molecule has 3 heterocycles. The van der Waals surface area contributed by atoms with Crippen LogP contribution >= 0.6 is 15.6 Å². The molecule has 0 spiro atoms. The first-order valence-corrected chi connectivity index (χ1v) is 13.5. The highest BCUT2D eigenvalue weighted by atomic mass is 31.3. The molecule has 1 amide bonds. The molecule has 0 saturated carbocycles. The Hall–Kier alpha value is -1.87. The number of aromatic amines is 1. The molecule has 38 heavy (non-hydrogen) atoms. The molecule has 2 fully saturated rings. The smallest absolute Gasteiger partial charge is 0.394 e. The second-order valence-electron chi connectivity index (χ2n) is 8.00. The highest BCUT2D eigenvalue weighted by Crippen LogP contribution is 2.61. The van der Waals surface area contributed by atoms with Crippen molar-refractivity contribution in [3.63, 3.8) is 0 Å². The molecule has 22 heteroatoms. The van der Waals surface area contributed by atoms with Gasteiger partial charge in [-0.05, 0) is 0 Å². The topological polar surface area (TPSA) is 306 Å². The van der Waals surface area contributed by atoms with E-state index in [0.717, 1.165) is 16.8 Å². The van der Waals surface area contributed by atoms with Gasteiger partial charge < -0.3 is 50.1 Å². The zero-order valence-corrected chi connectivity index (χ0v) is 20.7. The Balaban J connectivity index is 1.64. The Labute approximate surface area is 211 Å². The molecule has 216 valence electrons. The molecular formula is C16H25N3O17P2. The van der Waals surface area contributed by atoms with Crippen molar-refractivity contribution >= 4 is 22.1 Å². The minimum atomic E-state index is -5.61. The Morgan fingerprint density at radius 3 is 2.29 bits per heavy atom. The number of amides is 1. The van der Waals surface area contributed by atoms with Crippen LogP contribution in [0.4, 0.5) is 0 Å². The van der Waals surface area contributed by atoms with E-state index in [1.807, 2.05) is 10.3 Å². The molecule has 2 aliphatic heterocycles. The highest BCUT2D eigenvalue weighted by molar-refractivity contribution is 7.61. The molecule has 7 unspecified atom stereocenters. The number of phosphoric acid groups is 2. The van der Waals surface area contributed by atoms with Crippen LogP contribution in [0.2, 0.25) is 0 Å². The summed E-state index contributed by atoms with van der Waals surface area (Å²) in [5, 5.41) is 51.5. The third kappa shape index (κ3) is 7.00. The molecule has 1 aromatic rings. The van der Waals surface area contributed by atoms with Crippen molar-refractivity contribution in [3.05, 3.63) is 33.1 Å². The van der Waals surface area contributed by atoms with Crippen LogP contribution in [0.25, 0.3) is 0 Å². The molecular weight excluding hydrogens is 568 g/mol. The standard InChI is InChI=1S/C16H25N3O17P2/c20-3-6-10(23)12(25)9(17-5-21)15(34-6)35-38(30,31)36-37(28,29)32-4-7-11(24)13(26)14(33-7)19-2-1-8(22)18-16(19)27/h1-2,5-7,9-15,20,23-26H,3-4H2,(H,17,21)(H,28,29)(H,30,31)(H,18,22,27)/t6?,7-,9?,10+,11?,12?,13?,14-,15-/m1/s1. The normalized spacial score (nSPS) is 36.8. The van der Waals surface area contributed by atoms with E-state index in [4.69, 9.17) is 9.47 Å². The maximum absolute atomic E-state index is 12.4. The van der Waals surface area contributed by atoms with Gasteiger partial charge in [-0.1, -0.05) is 0 Å². The average molecular weight is 593 g/mol. The van der Waals surface area contributed by atoms with Crippen LogP contribution in [0, 0.1) is 0 Å². The van der Waals surface area contributed by atoms with Crippen LogP contribution in [0.1, 0.15) is 6.23 Å². The Morgan fingerprint density at radius 1 is 1.03 bits per heavy atom. The van der Waals surface area contributed by atoms with Crippen molar-refractivity contribution in [1.82, 2.24) is 14.9 Å². The number of hydrogen-bond acceptors (Lipinski definition) is 15. The van der Waals surface area contributed by atoms with Crippen molar-refractivity contribution in [2.24, 2.45) is 0 Å². The maximum Gasteiger partial charge on any atom is 0.483 e. The fourth-order valence-corrected chi connectivity index (χ4v) is 5.79. The lowest BCUT2D eigenvalue weighted by atomic mass is 9.97. The number of nitrogens with one attached hydrogen (secondary N) is 2. The van der Waals surface area contributed by atoms with Gasteiger partial charge in [0.15, 0.2) is 12.5 Å². The number of aromatic nitrogens is 2. The minimum Gasteiger partial charge on any atom is -0.394 e. The second kappa shape index (κ2) is 12.1. The van der Waals surface area contributed by atoms with Gasteiger partial charge in [-0.25, -0.2) is 13.9 Å². The van der Waals surface area contributed by atoms with Crippen molar-refractivity contribution in [2.75, 3.05) is 13.2 Å². The summed E-state index contributed by atoms with van der Waals surface area (Å²) in [6, 6.07) is -0.763. The van der Waals surface area contributed by atoms with Crippen LogP contribution in [-0.4, -0.2) is 113 Å². The first-order valence-electron chi connectivity index (χ1n) is 10.5. The molecule has 9 N–H and O–H groups in total. The van der Waals surface area contributed by atoms with Gasteiger partial charge in [0.1, 0.15) is 42.7 Å². The van der Waals surface area contributed by atoms with Crippen molar-refractivity contribution in [3.8, 4) is 0 Å². The van der Waals surface area contributed by atoms with Gasteiger partial charge in [-0.3, -0.25) is 28.2 Å². The molecule has 3 rings (SSSR count). The molecule has 2 aliphatic rings. The SMILES string of the molecule is O=CNC1C(O)[C@@H](O)C(CO)O[C@@H]1OP(=O)(O)OP(=O)(O)OC[C@H]1O[C@@H](n2ccc(=O)[nH]c2=O)C(O)C1O. The van der Waals surface area contributed by atoms with E-state index >= 15 is 0 Å². The number of rotatable bonds is 11. The lowest BCUT2D eigenvalue weighted by Crippen LogP contribution is -2.63. The number of phosphoric ester groups is 2. The Kier molecular flexibility index (Phi) is 9.77. The Morgan fingerprint density at radius 2 is 1.68 bits per heavy atom.